The van der Waals surface area contributed by atoms with Crippen LogP contribution in [-0.4, -0.2) is 16.5 Å². The maximum Gasteiger partial charge on any atom is 0.195 e. The fourth-order valence-corrected chi connectivity index (χ4v) is 2.21. The van der Waals surface area contributed by atoms with Gasteiger partial charge in [-0.25, -0.2) is 4.98 Å². The van der Waals surface area contributed by atoms with Crippen LogP contribution in [0.3, 0.4) is 0 Å². The van der Waals surface area contributed by atoms with Crippen molar-refractivity contribution in [1.82, 2.24) is 4.98 Å². The second-order valence-electron chi connectivity index (χ2n) is 5.60. The molecule has 0 aliphatic heterocycles. The molecule has 0 unspecified atom stereocenters. The van der Waals surface area contributed by atoms with Gasteiger partial charge in [-0.05, 0) is 11.7 Å². The molecular formula is C13H23NOS. The zero-order chi connectivity index (χ0) is 12.2. The molecule has 3 heteroatoms. The third-order valence-electron chi connectivity index (χ3n) is 2.23. The maximum atomic E-state index is 5.47. The number of oxazole rings is 1. The molecule has 0 atom stereocenters. The zero-order valence-corrected chi connectivity index (χ0v) is 11.9. The first-order valence-electron chi connectivity index (χ1n) is 5.92. The molecule has 2 nitrogen and oxygen atoms in total. The number of nitrogens with zero attached hydrogens (tertiary/aromatic N) is 1. The summed E-state index contributed by atoms with van der Waals surface area (Å²) < 4.78 is 5.47. The normalized spacial score (nSPS) is 12.4. The van der Waals surface area contributed by atoms with E-state index >= 15 is 0 Å². The molecule has 1 aromatic rings. The Morgan fingerprint density at radius 1 is 1.38 bits per heavy atom. The van der Waals surface area contributed by atoms with Crippen LogP contribution in [0.5, 0.6) is 0 Å². The first-order valence-corrected chi connectivity index (χ1v) is 7.07. The lowest BCUT2D eigenvalue weighted by Crippen LogP contribution is -2.11. The molecule has 0 saturated heterocycles. The van der Waals surface area contributed by atoms with E-state index in [0.29, 0.717) is 0 Å². The fourth-order valence-electron chi connectivity index (χ4n) is 1.25. The van der Waals surface area contributed by atoms with Crippen LogP contribution in [0.1, 0.15) is 46.2 Å². The summed E-state index contributed by atoms with van der Waals surface area (Å²) in [5.74, 6) is 3.95. The number of hydrogen-bond acceptors (Lipinski definition) is 3. The monoisotopic (exact) mass is 241 g/mol. The van der Waals surface area contributed by atoms with Crippen LogP contribution in [0, 0.1) is 5.92 Å². The highest BCUT2D eigenvalue weighted by Crippen LogP contribution is 2.21. The van der Waals surface area contributed by atoms with E-state index < -0.39 is 0 Å². The van der Waals surface area contributed by atoms with E-state index in [-0.39, 0.29) is 5.41 Å². The predicted octanol–water partition coefficient (Wildman–Crippen LogP) is 3.90. The minimum absolute atomic E-state index is 0.0901. The second-order valence-corrected chi connectivity index (χ2v) is 6.75. The lowest BCUT2D eigenvalue weighted by atomic mass is 9.93. The molecule has 0 fully saturated rings. The van der Waals surface area contributed by atoms with Crippen molar-refractivity contribution in [3.8, 4) is 0 Å². The molecule has 1 heterocycles. The van der Waals surface area contributed by atoms with E-state index in [0.717, 1.165) is 29.7 Å². The summed E-state index contributed by atoms with van der Waals surface area (Å²) in [5, 5.41) is 0. The van der Waals surface area contributed by atoms with Gasteiger partial charge in [-0.15, -0.1) is 0 Å². The molecule has 0 bridgehead atoms. The highest BCUT2D eigenvalue weighted by atomic mass is 32.2. The van der Waals surface area contributed by atoms with Crippen LogP contribution >= 0.6 is 11.8 Å². The van der Waals surface area contributed by atoms with E-state index in [9.17, 15) is 0 Å². The molecule has 0 N–H and O–H groups in total. The lowest BCUT2D eigenvalue weighted by molar-refractivity contribution is 0.498. The van der Waals surface area contributed by atoms with Crippen LogP contribution in [0.15, 0.2) is 10.7 Å². The van der Waals surface area contributed by atoms with Gasteiger partial charge in [0.2, 0.25) is 0 Å². The first-order chi connectivity index (χ1) is 7.39. The van der Waals surface area contributed by atoms with Crippen molar-refractivity contribution >= 4 is 11.8 Å². The number of aryl methyl sites for hydroxylation is 1. The average Bonchev–Trinajstić information content (AvgIpc) is 2.59. The Hall–Kier alpha value is -0.440. The summed E-state index contributed by atoms with van der Waals surface area (Å²) in [4.78, 5) is 4.52. The van der Waals surface area contributed by atoms with Gasteiger partial charge in [-0.3, -0.25) is 0 Å². The summed E-state index contributed by atoms with van der Waals surface area (Å²) in [5.41, 5.74) is 1.14. The van der Waals surface area contributed by atoms with Crippen molar-refractivity contribution in [1.29, 1.82) is 0 Å². The highest BCUT2D eigenvalue weighted by Gasteiger charge is 2.18. The minimum atomic E-state index is 0.0901. The number of thioether (sulfide) groups is 1. The quantitative estimate of drug-likeness (QED) is 0.731. The number of rotatable bonds is 5. The molecule has 0 aliphatic carbocycles. The van der Waals surface area contributed by atoms with Crippen molar-refractivity contribution in [3.05, 3.63) is 17.8 Å². The molecule has 0 amide bonds. The average molecular weight is 241 g/mol. The zero-order valence-electron chi connectivity index (χ0n) is 11.0. The van der Waals surface area contributed by atoms with Gasteiger partial charge in [0.1, 0.15) is 6.26 Å². The van der Waals surface area contributed by atoms with Gasteiger partial charge in [-0.1, -0.05) is 34.6 Å². The fraction of sp³-hybridized carbons (Fsp3) is 0.769. The largest absolute Gasteiger partial charge is 0.449 e. The van der Waals surface area contributed by atoms with Crippen molar-refractivity contribution in [2.24, 2.45) is 5.92 Å². The molecule has 0 spiro atoms. The molecule has 16 heavy (non-hydrogen) atoms. The van der Waals surface area contributed by atoms with Crippen LogP contribution in [0.2, 0.25) is 0 Å². The van der Waals surface area contributed by atoms with E-state index in [1.807, 2.05) is 11.8 Å². The smallest absolute Gasteiger partial charge is 0.195 e. The van der Waals surface area contributed by atoms with Gasteiger partial charge in [0.15, 0.2) is 5.89 Å². The van der Waals surface area contributed by atoms with Gasteiger partial charge < -0.3 is 4.42 Å². The number of aromatic nitrogens is 1. The van der Waals surface area contributed by atoms with E-state index in [1.165, 1.54) is 5.75 Å². The molecule has 1 rings (SSSR count). The predicted molar refractivity (Wildman–Crippen MR) is 71.1 cm³/mol. The second kappa shape index (κ2) is 5.76. The standard InChI is InChI=1S/C13H23NOS/c1-10(2)9-16-7-6-12-14-11(8-15-12)13(3,4)5/h8,10H,6-7,9H2,1-5H3. The number of hydrogen-bond donors (Lipinski definition) is 0. The summed E-state index contributed by atoms with van der Waals surface area (Å²) in [6, 6.07) is 0. The topological polar surface area (TPSA) is 26.0 Å². The van der Waals surface area contributed by atoms with E-state index in [4.69, 9.17) is 4.42 Å². The molecule has 0 radical (unpaired) electrons. The summed E-state index contributed by atoms with van der Waals surface area (Å²) >= 11 is 1.97. The minimum Gasteiger partial charge on any atom is -0.449 e. The Balaban J connectivity index is 2.36. The molecule has 92 valence electrons. The molecule has 1 aromatic heterocycles. The third-order valence-corrected chi connectivity index (χ3v) is 3.63. The third kappa shape index (κ3) is 4.60. The van der Waals surface area contributed by atoms with Gasteiger partial charge in [0.05, 0.1) is 5.69 Å². The Labute approximate surface area is 103 Å². The van der Waals surface area contributed by atoms with Crippen LogP contribution in [-0.2, 0) is 11.8 Å². The Bertz CT molecular complexity index is 312. The molecule has 0 aromatic carbocycles. The van der Waals surface area contributed by atoms with Gasteiger partial charge in [-0.2, -0.15) is 11.8 Å². The summed E-state index contributed by atoms with van der Waals surface area (Å²) in [6.07, 6.45) is 2.73. The van der Waals surface area contributed by atoms with Crippen LogP contribution in [0.4, 0.5) is 0 Å². The SMILES string of the molecule is CC(C)CSCCc1nc(C(C)(C)C)co1. The van der Waals surface area contributed by atoms with Crippen molar-refractivity contribution in [2.75, 3.05) is 11.5 Å². The van der Waals surface area contributed by atoms with Crippen molar-refractivity contribution < 1.29 is 4.42 Å². The first kappa shape index (κ1) is 13.6. The van der Waals surface area contributed by atoms with Crippen molar-refractivity contribution in [3.63, 3.8) is 0 Å². The molecule has 0 saturated carbocycles. The molecular weight excluding hydrogens is 218 g/mol. The van der Waals surface area contributed by atoms with E-state index in [1.54, 1.807) is 6.26 Å². The van der Waals surface area contributed by atoms with Gasteiger partial charge in [0.25, 0.3) is 0 Å². The van der Waals surface area contributed by atoms with Crippen LogP contribution < -0.4 is 0 Å². The maximum absolute atomic E-state index is 5.47. The lowest BCUT2D eigenvalue weighted by Gasteiger charge is -2.12. The Morgan fingerprint density at radius 2 is 2.06 bits per heavy atom. The van der Waals surface area contributed by atoms with Gasteiger partial charge in [0, 0.05) is 17.6 Å². The van der Waals surface area contributed by atoms with Crippen LogP contribution in [0.25, 0.3) is 0 Å². The van der Waals surface area contributed by atoms with Crippen molar-refractivity contribution in [2.45, 2.75) is 46.5 Å². The Kier molecular flexibility index (Phi) is 4.90. The Morgan fingerprint density at radius 3 is 2.56 bits per heavy atom. The summed E-state index contributed by atoms with van der Waals surface area (Å²) in [7, 11) is 0. The summed E-state index contributed by atoms with van der Waals surface area (Å²) in [6.45, 7) is 11.0. The molecule has 0 aliphatic rings. The van der Waals surface area contributed by atoms with E-state index in [2.05, 4.69) is 39.6 Å². The van der Waals surface area contributed by atoms with Gasteiger partial charge >= 0.3 is 0 Å². The highest BCUT2D eigenvalue weighted by molar-refractivity contribution is 7.99.